The molecule has 0 saturated heterocycles. The van der Waals surface area contributed by atoms with E-state index in [1.807, 2.05) is 0 Å². The molecule has 0 aliphatic carbocycles. The number of ether oxygens (including phenoxy) is 1. The molecular weight excluding hydrogens is 284 g/mol. The first-order chi connectivity index (χ1) is 9.93. The van der Waals surface area contributed by atoms with Crippen molar-refractivity contribution in [3.05, 3.63) is 58.0 Å². The molecule has 0 amide bonds. The van der Waals surface area contributed by atoms with Crippen molar-refractivity contribution in [2.24, 2.45) is 0 Å². The molecule has 1 aromatic carbocycles. The van der Waals surface area contributed by atoms with Crippen LogP contribution < -0.4 is 5.56 Å². The van der Waals surface area contributed by atoms with E-state index in [0.717, 1.165) is 19.2 Å². The van der Waals surface area contributed by atoms with Crippen LogP contribution in [0.5, 0.6) is 0 Å². The molecule has 5 nitrogen and oxygen atoms in total. The van der Waals surface area contributed by atoms with Crippen molar-refractivity contribution in [2.45, 2.75) is 6.10 Å². The number of rotatable bonds is 4. The van der Waals surface area contributed by atoms with Gasteiger partial charge in [-0.05, 0) is 29.3 Å². The minimum Gasteiger partial charge on any atom is -0.479 e. The Morgan fingerprint density at radius 2 is 1.86 bits per heavy atom. The van der Waals surface area contributed by atoms with Crippen LogP contribution in [0.15, 0.2) is 35.3 Å². The molecule has 21 heavy (non-hydrogen) atoms. The van der Waals surface area contributed by atoms with Gasteiger partial charge in [0.2, 0.25) is 5.56 Å². The maximum atomic E-state index is 14.0. The number of aromatic nitrogens is 1. The first-order valence-electron chi connectivity index (χ1n) is 5.87. The number of hydrogen-bond acceptors (Lipinski definition) is 3. The highest BCUT2D eigenvalue weighted by molar-refractivity contribution is 5.75. The van der Waals surface area contributed by atoms with Gasteiger partial charge in [-0.3, -0.25) is 4.79 Å². The van der Waals surface area contributed by atoms with Gasteiger partial charge in [0.05, 0.1) is 5.56 Å². The van der Waals surface area contributed by atoms with E-state index in [0.29, 0.717) is 5.56 Å². The second kappa shape index (κ2) is 5.84. The Hall–Kier alpha value is -2.54. The molecule has 1 heterocycles. The maximum Gasteiger partial charge on any atom is 0.337 e. The first-order valence-corrected chi connectivity index (χ1v) is 5.87. The molecule has 110 valence electrons. The lowest BCUT2D eigenvalue weighted by molar-refractivity contribution is -0.149. The predicted molar refractivity (Wildman–Crippen MR) is 69.8 cm³/mol. The van der Waals surface area contributed by atoms with E-state index >= 15 is 0 Å². The van der Waals surface area contributed by atoms with Gasteiger partial charge < -0.3 is 14.8 Å². The molecule has 0 spiro atoms. The highest BCUT2D eigenvalue weighted by Crippen LogP contribution is 2.28. The summed E-state index contributed by atoms with van der Waals surface area (Å²) in [5.74, 6) is -3.61. The van der Waals surface area contributed by atoms with Gasteiger partial charge in [0.25, 0.3) is 0 Å². The van der Waals surface area contributed by atoms with Crippen molar-refractivity contribution >= 4 is 5.97 Å². The fourth-order valence-electron chi connectivity index (χ4n) is 1.97. The van der Waals surface area contributed by atoms with Crippen LogP contribution in [-0.4, -0.2) is 23.2 Å². The largest absolute Gasteiger partial charge is 0.479 e. The van der Waals surface area contributed by atoms with Gasteiger partial charge >= 0.3 is 5.97 Å². The standard InChI is InChI=1S/C14H11F2NO4/c1-21-13(14(19)20)12-9(15)4-8(5-10(12)16)7-2-3-17-11(18)6-7/h2-6,13H,1H3,(H,17,18)(H,19,20). The first kappa shape index (κ1) is 14.9. The molecule has 0 saturated carbocycles. The number of aliphatic carboxylic acids is 1. The Morgan fingerprint density at radius 1 is 1.24 bits per heavy atom. The predicted octanol–water partition coefficient (Wildman–Crippen LogP) is 2.09. The third kappa shape index (κ3) is 2.97. The summed E-state index contributed by atoms with van der Waals surface area (Å²) in [5.41, 5.74) is -0.663. The number of H-pyrrole nitrogens is 1. The van der Waals surface area contributed by atoms with Crippen molar-refractivity contribution in [1.82, 2.24) is 4.98 Å². The van der Waals surface area contributed by atoms with Crippen LogP contribution in [0, 0.1) is 11.6 Å². The number of nitrogens with one attached hydrogen (secondary N) is 1. The number of methoxy groups -OCH3 is 1. The third-order valence-electron chi connectivity index (χ3n) is 2.91. The second-order valence-electron chi connectivity index (χ2n) is 4.25. The Morgan fingerprint density at radius 3 is 2.33 bits per heavy atom. The summed E-state index contributed by atoms with van der Waals surface area (Å²) in [6.07, 6.45) is -0.394. The lowest BCUT2D eigenvalue weighted by Crippen LogP contribution is -2.17. The van der Waals surface area contributed by atoms with Gasteiger partial charge in [0.15, 0.2) is 6.10 Å². The summed E-state index contributed by atoms with van der Waals surface area (Å²) in [4.78, 5) is 24.5. The molecule has 0 radical (unpaired) electrons. The van der Waals surface area contributed by atoms with Crippen LogP contribution in [0.3, 0.4) is 0 Å². The molecule has 0 aliphatic rings. The van der Waals surface area contributed by atoms with Crippen molar-refractivity contribution in [3.63, 3.8) is 0 Å². The van der Waals surface area contributed by atoms with Crippen LogP contribution in [0.1, 0.15) is 11.7 Å². The highest BCUT2D eigenvalue weighted by atomic mass is 19.1. The highest BCUT2D eigenvalue weighted by Gasteiger charge is 2.27. The van der Waals surface area contributed by atoms with E-state index in [2.05, 4.69) is 9.72 Å². The van der Waals surface area contributed by atoms with Crippen molar-refractivity contribution in [2.75, 3.05) is 7.11 Å². The summed E-state index contributed by atoms with van der Waals surface area (Å²) in [7, 11) is 1.04. The fourth-order valence-corrected chi connectivity index (χ4v) is 1.97. The fraction of sp³-hybridized carbons (Fsp3) is 0.143. The zero-order valence-corrected chi connectivity index (χ0v) is 10.9. The molecule has 1 unspecified atom stereocenters. The Labute approximate surface area is 117 Å². The molecule has 2 N–H and O–H groups in total. The smallest absolute Gasteiger partial charge is 0.337 e. The minimum absolute atomic E-state index is 0.125. The summed E-state index contributed by atoms with van der Waals surface area (Å²) < 4.78 is 32.6. The van der Waals surface area contributed by atoms with Crippen molar-refractivity contribution in [3.8, 4) is 11.1 Å². The van der Waals surface area contributed by atoms with Crippen LogP contribution in [0.25, 0.3) is 11.1 Å². The average molecular weight is 295 g/mol. The van der Waals surface area contributed by atoms with Crippen LogP contribution in [0.2, 0.25) is 0 Å². The normalized spacial score (nSPS) is 12.1. The molecule has 1 aromatic heterocycles. The van der Waals surface area contributed by atoms with E-state index in [4.69, 9.17) is 5.11 Å². The van der Waals surface area contributed by atoms with Crippen molar-refractivity contribution in [1.29, 1.82) is 0 Å². The van der Waals surface area contributed by atoms with E-state index in [-0.39, 0.29) is 5.56 Å². The number of benzene rings is 1. The van der Waals surface area contributed by atoms with Gasteiger partial charge in [-0.15, -0.1) is 0 Å². The SMILES string of the molecule is COC(C(=O)O)c1c(F)cc(-c2cc[nH]c(=O)c2)cc1F. The van der Waals surface area contributed by atoms with Crippen molar-refractivity contribution < 1.29 is 23.4 Å². The third-order valence-corrected chi connectivity index (χ3v) is 2.91. The van der Waals surface area contributed by atoms with E-state index < -0.39 is 34.8 Å². The summed E-state index contributed by atoms with van der Waals surface area (Å²) in [5, 5.41) is 8.89. The van der Waals surface area contributed by atoms with E-state index in [1.54, 1.807) is 0 Å². The molecular formula is C14H11F2NO4. The molecule has 0 fully saturated rings. The summed E-state index contributed by atoms with van der Waals surface area (Å²) in [6, 6.07) is 4.57. The van der Waals surface area contributed by atoms with Gasteiger partial charge in [-0.1, -0.05) is 0 Å². The second-order valence-corrected chi connectivity index (χ2v) is 4.25. The number of hydrogen-bond donors (Lipinski definition) is 2. The van der Waals surface area contributed by atoms with Crippen LogP contribution >= 0.6 is 0 Å². The molecule has 2 rings (SSSR count). The lowest BCUT2D eigenvalue weighted by Gasteiger charge is -2.14. The minimum atomic E-state index is -1.74. The summed E-state index contributed by atoms with van der Waals surface area (Å²) in [6.45, 7) is 0. The number of halogens is 2. The van der Waals surface area contributed by atoms with Gasteiger partial charge in [-0.25, -0.2) is 13.6 Å². The average Bonchev–Trinajstić information content (AvgIpc) is 2.42. The lowest BCUT2D eigenvalue weighted by atomic mass is 10.0. The molecule has 0 bridgehead atoms. The monoisotopic (exact) mass is 295 g/mol. The molecule has 2 aromatic rings. The van der Waals surface area contributed by atoms with Gasteiger partial charge in [-0.2, -0.15) is 0 Å². The zero-order chi connectivity index (χ0) is 15.6. The summed E-state index contributed by atoms with van der Waals surface area (Å²) >= 11 is 0. The Bertz CT molecular complexity index is 719. The van der Waals surface area contributed by atoms with Crippen LogP contribution in [0.4, 0.5) is 8.78 Å². The number of carbonyl (C=O) groups is 1. The number of aromatic amines is 1. The van der Waals surface area contributed by atoms with E-state index in [1.165, 1.54) is 18.3 Å². The number of carboxylic acid groups (broad SMARTS) is 1. The Balaban J connectivity index is 2.56. The number of carboxylic acids is 1. The number of pyridine rings is 1. The maximum absolute atomic E-state index is 14.0. The van der Waals surface area contributed by atoms with Crippen LogP contribution in [-0.2, 0) is 9.53 Å². The molecule has 1 atom stereocenters. The molecule has 0 aliphatic heterocycles. The zero-order valence-electron chi connectivity index (χ0n) is 10.9. The quantitative estimate of drug-likeness (QED) is 0.905. The Kier molecular flexibility index (Phi) is 4.13. The van der Waals surface area contributed by atoms with Gasteiger partial charge in [0.1, 0.15) is 11.6 Å². The topological polar surface area (TPSA) is 79.4 Å². The molecule has 7 heteroatoms. The van der Waals surface area contributed by atoms with E-state index in [9.17, 15) is 18.4 Å². The van der Waals surface area contributed by atoms with Gasteiger partial charge in [0, 0.05) is 19.4 Å².